The highest BCUT2D eigenvalue weighted by molar-refractivity contribution is 5.44. The first-order chi connectivity index (χ1) is 14.4. The van der Waals surface area contributed by atoms with Gasteiger partial charge in [-0.15, -0.1) is 0 Å². The zero-order chi connectivity index (χ0) is 20.0. The highest BCUT2D eigenvalue weighted by atomic mass is 14.9. The molecule has 29 heavy (non-hydrogen) atoms. The fraction of sp³-hybridized carbons (Fsp3) is 0.214. The van der Waals surface area contributed by atoms with Gasteiger partial charge in [0, 0.05) is 17.6 Å². The van der Waals surface area contributed by atoms with Gasteiger partial charge < -0.3 is 5.32 Å². The largest absolute Gasteiger partial charge is 0.382 e. The molecular formula is C28H31N. The molecule has 1 N–H and O–H groups in total. The molecule has 0 spiro atoms. The standard InChI is InChI=1S/C28H31N/c1-2-5-9-13-19-25(20-14-10-6-3-1)27-23-17-18-24-28(27)29-26-21-15-11-7-4-8-12-16-22-26/h1-16,19-22,27-29H,17-18,23-24H2/b2-1-,3-1?,5-2?,6-3-,7-4?,8-4?,9-5-,10-6?,11-7?,12-8?,13-9?,14-10-,15-11?,16-12?,19-13-,20-14?,21-15?,22-16?,25-19?,25-20+,26-21?,26-22?. The Balaban J connectivity index is 1.85. The van der Waals surface area contributed by atoms with E-state index in [4.69, 9.17) is 0 Å². The Morgan fingerprint density at radius 3 is 1.83 bits per heavy atom. The highest BCUT2D eigenvalue weighted by Gasteiger charge is 2.26. The van der Waals surface area contributed by atoms with Crippen LogP contribution in [-0.2, 0) is 0 Å². The van der Waals surface area contributed by atoms with Crippen molar-refractivity contribution in [2.45, 2.75) is 31.7 Å². The van der Waals surface area contributed by atoms with Crippen LogP contribution in [0.4, 0.5) is 5.69 Å². The molecule has 1 heteroatoms. The van der Waals surface area contributed by atoms with E-state index in [0.717, 1.165) is 0 Å². The Hall–Kier alpha value is -3.06. The molecule has 2 aliphatic carbocycles. The molecule has 1 aromatic rings. The summed E-state index contributed by atoms with van der Waals surface area (Å²) < 4.78 is 0. The monoisotopic (exact) mass is 381 g/mol. The lowest BCUT2D eigenvalue weighted by molar-refractivity contribution is 0.371. The van der Waals surface area contributed by atoms with Crippen molar-refractivity contribution in [3.05, 3.63) is 127 Å². The van der Waals surface area contributed by atoms with Gasteiger partial charge in [0.15, 0.2) is 0 Å². The van der Waals surface area contributed by atoms with Crippen molar-refractivity contribution in [2.75, 3.05) is 5.32 Å². The molecule has 0 heterocycles. The third-order valence-electron chi connectivity index (χ3n) is 5.23. The zero-order valence-electron chi connectivity index (χ0n) is 17.0. The van der Waals surface area contributed by atoms with Crippen LogP contribution in [-0.4, -0.2) is 6.04 Å². The second-order valence-electron chi connectivity index (χ2n) is 7.34. The number of allylic oxidation sites excluding steroid dienone is 11. The highest BCUT2D eigenvalue weighted by Crippen LogP contribution is 2.33. The van der Waals surface area contributed by atoms with Crippen LogP contribution < -0.4 is 5.32 Å². The predicted octanol–water partition coefficient (Wildman–Crippen LogP) is 7.50. The summed E-state index contributed by atoms with van der Waals surface area (Å²) in [4.78, 5) is 0. The van der Waals surface area contributed by atoms with Gasteiger partial charge in [-0.05, 0) is 30.5 Å². The van der Waals surface area contributed by atoms with E-state index in [9.17, 15) is 0 Å². The molecule has 0 saturated heterocycles. The minimum absolute atomic E-state index is 0.437. The van der Waals surface area contributed by atoms with Crippen molar-refractivity contribution in [3.8, 4) is 0 Å². The van der Waals surface area contributed by atoms with E-state index in [-0.39, 0.29) is 0 Å². The molecule has 1 saturated carbocycles. The number of nitrogens with one attached hydrogen (secondary N) is 1. The average Bonchev–Trinajstić information content (AvgIpc) is 2.74. The van der Waals surface area contributed by atoms with Gasteiger partial charge in [0.1, 0.15) is 0 Å². The summed E-state index contributed by atoms with van der Waals surface area (Å²) in [6.07, 6.45) is 28.4. The second-order valence-corrected chi connectivity index (χ2v) is 7.34. The Kier molecular flexibility index (Phi) is 8.84. The first-order valence-corrected chi connectivity index (χ1v) is 10.6. The smallest absolute Gasteiger partial charge is 0.0342 e. The van der Waals surface area contributed by atoms with Crippen LogP contribution in [0.25, 0.3) is 0 Å². The molecule has 3 rings (SSSR count). The molecular weight excluding hydrogens is 350 g/mol. The first-order valence-electron chi connectivity index (χ1n) is 10.6. The molecule has 1 nitrogen and oxygen atoms in total. The third kappa shape index (κ3) is 7.46. The SMILES string of the molecule is C1=C\C=C/C=C\C(C2CCCCC2Nc2ccccccccc2)=C/C=C\C=C/1. The van der Waals surface area contributed by atoms with Crippen LogP contribution in [0.15, 0.2) is 127 Å². The van der Waals surface area contributed by atoms with Crippen molar-refractivity contribution >= 4 is 5.69 Å². The molecule has 2 atom stereocenters. The molecule has 2 aliphatic rings. The van der Waals surface area contributed by atoms with Crippen LogP contribution >= 0.6 is 0 Å². The van der Waals surface area contributed by atoms with E-state index in [1.807, 2.05) is 12.1 Å². The summed E-state index contributed by atoms with van der Waals surface area (Å²) in [5, 5.41) is 3.83. The molecule has 0 aliphatic heterocycles. The minimum Gasteiger partial charge on any atom is -0.382 e. The van der Waals surface area contributed by atoms with Gasteiger partial charge in [0.05, 0.1) is 0 Å². The Morgan fingerprint density at radius 2 is 1.14 bits per heavy atom. The quantitative estimate of drug-likeness (QED) is 0.571. The van der Waals surface area contributed by atoms with Crippen LogP contribution in [0.3, 0.4) is 0 Å². The Bertz CT molecular complexity index is 840. The molecule has 0 aromatic heterocycles. The van der Waals surface area contributed by atoms with E-state index in [1.165, 1.54) is 36.9 Å². The lowest BCUT2D eigenvalue weighted by atomic mass is 9.79. The summed E-state index contributed by atoms with van der Waals surface area (Å²) in [6, 6.07) is 19.3. The fourth-order valence-electron chi connectivity index (χ4n) is 3.79. The summed E-state index contributed by atoms with van der Waals surface area (Å²) in [7, 11) is 0. The molecule has 0 bridgehead atoms. The third-order valence-corrected chi connectivity index (χ3v) is 5.23. The number of hydrogen-bond acceptors (Lipinski definition) is 1. The van der Waals surface area contributed by atoms with Crippen molar-refractivity contribution in [3.63, 3.8) is 0 Å². The van der Waals surface area contributed by atoms with E-state index >= 15 is 0 Å². The van der Waals surface area contributed by atoms with Gasteiger partial charge in [-0.3, -0.25) is 0 Å². The van der Waals surface area contributed by atoms with Crippen molar-refractivity contribution < 1.29 is 0 Å². The lowest BCUT2D eigenvalue weighted by Crippen LogP contribution is -2.33. The molecule has 0 radical (unpaired) electrons. The van der Waals surface area contributed by atoms with E-state index in [0.29, 0.717) is 12.0 Å². The van der Waals surface area contributed by atoms with Crippen molar-refractivity contribution in [1.82, 2.24) is 0 Å². The summed E-state index contributed by atoms with van der Waals surface area (Å²) in [5.74, 6) is 0.504. The van der Waals surface area contributed by atoms with E-state index in [2.05, 4.69) is 115 Å². The Morgan fingerprint density at radius 1 is 0.586 bits per heavy atom. The second kappa shape index (κ2) is 12.4. The van der Waals surface area contributed by atoms with E-state index in [1.54, 1.807) is 0 Å². The normalized spacial score (nSPS) is 28.8. The van der Waals surface area contributed by atoms with Gasteiger partial charge in [0.2, 0.25) is 0 Å². The summed E-state index contributed by atoms with van der Waals surface area (Å²) in [5.41, 5.74) is 2.56. The number of anilines is 1. The number of hydrogen-bond donors (Lipinski definition) is 1. The predicted molar refractivity (Wildman–Crippen MR) is 127 cm³/mol. The van der Waals surface area contributed by atoms with E-state index < -0.39 is 0 Å². The molecule has 2 unspecified atom stereocenters. The van der Waals surface area contributed by atoms with Gasteiger partial charge >= 0.3 is 0 Å². The van der Waals surface area contributed by atoms with Gasteiger partial charge in [0.25, 0.3) is 0 Å². The van der Waals surface area contributed by atoms with Crippen LogP contribution in [0, 0.1) is 5.92 Å². The van der Waals surface area contributed by atoms with Gasteiger partial charge in [-0.2, -0.15) is 0 Å². The molecule has 0 amide bonds. The minimum atomic E-state index is 0.437. The average molecular weight is 382 g/mol. The maximum atomic E-state index is 3.83. The van der Waals surface area contributed by atoms with Crippen LogP contribution in [0.5, 0.6) is 0 Å². The van der Waals surface area contributed by atoms with Crippen molar-refractivity contribution in [2.24, 2.45) is 5.92 Å². The van der Waals surface area contributed by atoms with Crippen LogP contribution in [0.2, 0.25) is 0 Å². The lowest BCUT2D eigenvalue weighted by Gasteiger charge is -2.34. The maximum absolute atomic E-state index is 3.83. The Labute approximate surface area is 175 Å². The van der Waals surface area contributed by atoms with Gasteiger partial charge in [-0.1, -0.05) is 122 Å². The zero-order valence-corrected chi connectivity index (χ0v) is 17.0. The van der Waals surface area contributed by atoms with Crippen LogP contribution in [0.1, 0.15) is 25.7 Å². The molecule has 1 aromatic carbocycles. The summed E-state index contributed by atoms with van der Waals surface area (Å²) >= 11 is 0. The fourth-order valence-corrected chi connectivity index (χ4v) is 3.79. The topological polar surface area (TPSA) is 12.0 Å². The van der Waals surface area contributed by atoms with Crippen molar-refractivity contribution in [1.29, 1.82) is 0 Å². The maximum Gasteiger partial charge on any atom is 0.0342 e. The number of rotatable bonds is 3. The van der Waals surface area contributed by atoms with Gasteiger partial charge in [-0.25, -0.2) is 0 Å². The molecule has 1 fully saturated rings. The summed E-state index contributed by atoms with van der Waals surface area (Å²) in [6.45, 7) is 0. The molecule has 148 valence electrons. The first kappa shape index (κ1) is 20.7.